The molecule has 2 aromatic rings. The third-order valence-corrected chi connectivity index (χ3v) is 2.71. The van der Waals surface area contributed by atoms with E-state index in [1.807, 2.05) is 6.07 Å². The predicted molar refractivity (Wildman–Crippen MR) is 70.0 cm³/mol. The maximum absolute atomic E-state index is 12.9. The predicted octanol–water partition coefficient (Wildman–Crippen LogP) is 1.92. The van der Waals surface area contributed by atoms with Crippen molar-refractivity contribution in [1.82, 2.24) is 4.57 Å². The minimum Gasteiger partial charge on any atom is -0.280 e. The molecule has 0 spiro atoms. The number of benzene rings is 1. The van der Waals surface area contributed by atoms with Crippen molar-refractivity contribution in [1.29, 1.82) is 5.26 Å². The molecule has 0 aliphatic carbocycles. The molecule has 0 aliphatic heterocycles. The lowest BCUT2D eigenvalue weighted by atomic mass is 10.2. The maximum atomic E-state index is 12.9. The number of thiol groups is 1. The van der Waals surface area contributed by atoms with Crippen molar-refractivity contribution in [3.63, 3.8) is 0 Å². The number of carbonyl (C=O) groups excluding carboxylic acids is 1. The molecule has 0 radical (unpaired) electrons. The minimum absolute atomic E-state index is 0.0314. The molecule has 1 heterocycles. The van der Waals surface area contributed by atoms with Crippen LogP contribution in [0.3, 0.4) is 0 Å². The number of aromatic nitrogens is 1. The molecule has 94 valence electrons. The molecule has 0 amide bonds. The quantitative estimate of drug-likeness (QED) is 0.851. The van der Waals surface area contributed by atoms with Crippen molar-refractivity contribution in [3.05, 3.63) is 63.8 Å². The summed E-state index contributed by atoms with van der Waals surface area (Å²) in [7, 11) is 0. The summed E-state index contributed by atoms with van der Waals surface area (Å²) in [6, 6.07) is 9.26. The second-order valence-electron chi connectivity index (χ2n) is 3.66. The van der Waals surface area contributed by atoms with Crippen molar-refractivity contribution in [3.8, 4) is 11.8 Å². The van der Waals surface area contributed by atoms with E-state index in [2.05, 4.69) is 12.6 Å². The van der Waals surface area contributed by atoms with Crippen LogP contribution in [-0.4, -0.2) is 9.68 Å². The average molecular weight is 274 g/mol. The maximum Gasteiger partial charge on any atom is 0.255 e. The fourth-order valence-electron chi connectivity index (χ4n) is 1.69. The molecule has 0 unspecified atom stereocenters. The van der Waals surface area contributed by atoms with Gasteiger partial charge in [-0.3, -0.25) is 14.2 Å². The third-order valence-electron chi connectivity index (χ3n) is 2.50. The highest BCUT2D eigenvalue weighted by Gasteiger charge is 2.16. The van der Waals surface area contributed by atoms with Gasteiger partial charge < -0.3 is 0 Å². The summed E-state index contributed by atoms with van der Waals surface area (Å²) in [5, 5.41) is 8.25. The van der Waals surface area contributed by atoms with Gasteiger partial charge in [0.2, 0.25) is 5.12 Å². The van der Waals surface area contributed by atoms with E-state index in [1.165, 1.54) is 24.3 Å². The topological polar surface area (TPSA) is 62.9 Å². The highest BCUT2D eigenvalue weighted by Crippen LogP contribution is 2.15. The first-order valence-electron chi connectivity index (χ1n) is 5.20. The molecule has 0 bridgehead atoms. The van der Waals surface area contributed by atoms with E-state index < -0.39 is 16.5 Å². The first-order valence-corrected chi connectivity index (χ1v) is 5.64. The molecule has 19 heavy (non-hydrogen) atoms. The molecule has 0 N–H and O–H groups in total. The van der Waals surface area contributed by atoms with Crippen molar-refractivity contribution in [2.75, 3.05) is 0 Å². The zero-order valence-electron chi connectivity index (χ0n) is 9.50. The van der Waals surface area contributed by atoms with Gasteiger partial charge in [0.25, 0.3) is 5.56 Å². The molecule has 0 atom stereocenters. The SMILES string of the molecule is N#Cc1ccc(=O)n(-c2ccc(F)cc2)c1C(=O)S. The Morgan fingerprint density at radius 3 is 2.37 bits per heavy atom. The third kappa shape index (κ3) is 2.41. The number of nitriles is 1. The van der Waals surface area contributed by atoms with Crippen LogP contribution in [0.15, 0.2) is 41.2 Å². The van der Waals surface area contributed by atoms with E-state index in [0.29, 0.717) is 5.69 Å². The van der Waals surface area contributed by atoms with E-state index in [4.69, 9.17) is 5.26 Å². The largest absolute Gasteiger partial charge is 0.280 e. The Labute approximate surface area is 113 Å². The lowest BCUT2D eigenvalue weighted by molar-refractivity contribution is 0.108. The molecule has 2 rings (SSSR count). The summed E-state index contributed by atoms with van der Waals surface area (Å²) >= 11 is 3.67. The van der Waals surface area contributed by atoms with E-state index >= 15 is 0 Å². The monoisotopic (exact) mass is 274 g/mol. The molecule has 6 heteroatoms. The van der Waals surface area contributed by atoms with Gasteiger partial charge in [0.05, 0.1) is 5.56 Å². The summed E-state index contributed by atoms with van der Waals surface area (Å²) in [5.41, 5.74) is -0.308. The molecular weight excluding hydrogens is 267 g/mol. The molecule has 0 aliphatic rings. The van der Waals surface area contributed by atoms with Crippen LogP contribution in [-0.2, 0) is 0 Å². The van der Waals surface area contributed by atoms with E-state index in [0.717, 1.165) is 16.7 Å². The number of hydrogen-bond donors (Lipinski definition) is 1. The van der Waals surface area contributed by atoms with Crippen LogP contribution in [0.2, 0.25) is 0 Å². The van der Waals surface area contributed by atoms with Crippen LogP contribution < -0.4 is 5.56 Å². The molecule has 1 aromatic carbocycles. The Balaban J connectivity index is 2.82. The second-order valence-corrected chi connectivity index (χ2v) is 4.07. The molecule has 0 fully saturated rings. The zero-order valence-corrected chi connectivity index (χ0v) is 10.4. The second kappa shape index (κ2) is 5.08. The van der Waals surface area contributed by atoms with Gasteiger partial charge in [-0.05, 0) is 30.3 Å². The summed E-state index contributed by atoms with van der Waals surface area (Å²) in [6.45, 7) is 0. The van der Waals surface area contributed by atoms with E-state index in [1.54, 1.807) is 0 Å². The van der Waals surface area contributed by atoms with Crippen LogP contribution >= 0.6 is 12.6 Å². The summed E-state index contributed by atoms with van der Waals surface area (Å²) in [6.07, 6.45) is 0. The van der Waals surface area contributed by atoms with Crippen molar-refractivity contribution < 1.29 is 9.18 Å². The normalized spacial score (nSPS) is 9.95. The number of carbonyl (C=O) groups is 1. The van der Waals surface area contributed by atoms with Gasteiger partial charge in [0, 0.05) is 11.8 Å². The Morgan fingerprint density at radius 1 is 1.21 bits per heavy atom. The van der Waals surface area contributed by atoms with Crippen LogP contribution in [0.4, 0.5) is 4.39 Å². The van der Waals surface area contributed by atoms with Crippen molar-refractivity contribution in [2.45, 2.75) is 0 Å². The summed E-state index contributed by atoms with van der Waals surface area (Å²) in [5.74, 6) is -0.466. The van der Waals surface area contributed by atoms with Crippen LogP contribution in [0.25, 0.3) is 5.69 Å². The van der Waals surface area contributed by atoms with Gasteiger partial charge in [-0.1, -0.05) is 12.6 Å². The first-order chi connectivity index (χ1) is 9.04. The lowest BCUT2D eigenvalue weighted by Gasteiger charge is -2.11. The average Bonchev–Trinajstić information content (AvgIpc) is 2.39. The Kier molecular flexibility index (Phi) is 3.49. The van der Waals surface area contributed by atoms with Crippen LogP contribution in [0, 0.1) is 17.1 Å². The van der Waals surface area contributed by atoms with Gasteiger partial charge in [0.1, 0.15) is 17.6 Å². The zero-order chi connectivity index (χ0) is 14.0. The molecule has 1 aromatic heterocycles. The number of hydrogen-bond acceptors (Lipinski definition) is 3. The minimum atomic E-state index is -0.710. The first kappa shape index (κ1) is 13.1. The molecular formula is C13H7FN2O2S. The fourth-order valence-corrected chi connectivity index (χ4v) is 1.91. The van der Waals surface area contributed by atoms with Crippen molar-refractivity contribution in [2.24, 2.45) is 0 Å². The number of halogens is 1. The van der Waals surface area contributed by atoms with Gasteiger partial charge in [0.15, 0.2) is 0 Å². The lowest BCUT2D eigenvalue weighted by Crippen LogP contribution is -2.23. The Morgan fingerprint density at radius 2 is 1.84 bits per heavy atom. The Hall–Kier alpha value is -2.39. The standard InChI is InChI=1S/C13H7FN2O2S/c14-9-2-4-10(5-3-9)16-11(17)6-1-8(7-15)12(16)13(18)19/h1-6H,(H,18,19). The van der Waals surface area contributed by atoms with Crippen molar-refractivity contribution >= 4 is 17.7 Å². The highest BCUT2D eigenvalue weighted by atomic mass is 32.1. The number of rotatable bonds is 2. The fraction of sp³-hybridized carbons (Fsp3) is 0. The van der Waals surface area contributed by atoms with Gasteiger partial charge >= 0.3 is 0 Å². The number of pyridine rings is 1. The Bertz CT molecular complexity index is 745. The smallest absolute Gasteiger partial charge is 0.255 e. The van der Waals surface area contributed by atoms with Gasteiger partial charge in [-0.25, -0.2) is 4.39 Å². The molecule has 0 saturated heterocycles. The highest BCUT2D eigenvalue weighted by molar-refractivity contribution is 7.97. The van der Waals surface area contributed by atoms with E-state index in [9.17, 15) is 14.0 Å². The number of nitrogens with zero attached hydrogens (tertiary/aromatic N) is 2. The molecule has 4 nitrogen and oxygen atoms in total. The van der Waals surface area contributed by atoms with Gasteiger partial charge in [-0.15, -0.1) is 0 Å². The van der Waals surface area contributed by atoms with Crippen LogP contribution in [0.1, 0.15) is 16.1 Å². The van der Waals surface area contributed by atoms with E-state index in [-0.39, 0.29) is 11.3 Å². The summed E-state index contributed by atoms with van der Waals surface area (Å²) in [4.78, 5) is 23.4. The van der Waals surface area contributed by atoms with Gasteiger partial charge in [-0.2, -0.15) is 5.26 Å². The summed E-state index contributed by atoms with van der Waals surface area (Å²) < 4.78 is 13.9. The molecule has 0 saturated carbocycles. The van der Waals surface area contributed by atoms with Crippen LogP contribution in [0.5, 0.6) is 0 Å².